The van der Waals surface area contributed by atoms with Crippen LogP contribution in [0.3, 0.4) is 0 Å². The van der Waals surface area contributed by atoms with Crippen molar-refractivity contribution in [1.29, 1.82) is 0 Å². The van der Waals surface area contributed by atoms with Crippen molar-refractivity contribution < 1.29 is 8.42 Å². The molecule has 0 aromatic heterocycles. The lowest BCUT2D eigenvalue weighted by atomic mass is 9.95. The Labute approximate surface area is 132 Å². The van der Waals surface area contributed by atoms with Crippen LogP contribution < -0.4 is 5.73 Å². The second-order valence-electron chi connectivity index (χ2n) is 6.34. The maximum atomic E-state index is 12.1. The van der Waals surface area contributed by atoms with Gasteiger partial charge in [-0.15, -0.1) is 0 Å². The third-order valence-corrected chi connectivity index (χ3v) is 8.63. The first-order valence-electron chi connectivity index (χ1n) is 6.84. The molecule has 0 unspecified atom stereocenters. The van der Waals surface area contributed by atoms with Crippen LogP contribution in [0.2, 0.25) is 0 Å². The van der Waals surface area contributed by atoms with Gasteiger partial charge in [0, 0.05) is 6.54 Å². The molecule has 0 bridgehead atoms. The number of hydrogen-bond acceptors (Lipinski definition) is 5. The zero-order valence-electron chi connectivity index (χ0n) is 12.8. The summed E-state index contributed by atoms with van der Waals surface area (Å²) in [5.74, 6) is 0.218. The Hall–Kier alpha value is 0.150. The molecule has 1 saturated heterocycles. The van der Waals surface area contributed by atoms with Gasteiger partial charge < -0.3 is 10.6 Å². The van der Waals surface area contributed by atoms with Crippen molar-refractivity contribution in [2.75, 3.05) is 31.6 Å². The molecule has 1 fully saturated rings. The first-order chi connectivity index (χ1) is 9.04. The highest BCUT2D eigenvalue weighted by molar-refractivity contribution is 8.02. The molecule has 4 nitrogen and oxygen atoms in total. The fourth-order valence-corrected chi connectivity index (χ4v) is 4.60. The van der Waals surface area contributed by atoms with Gasteiger partial charge >= 0.3 is 0 Å². The third-order valence-electron chi connectivity index (χ3n) is 4.11. The standard InChI is InChI=1S/C13H26N2O2S3/c1-12(2,3)20(16,17)10-9-15-7-5-13(19-4,6-8-15)11(14)18/h5-10H2,1-4H3,(H2,14,18). The van der Waals surface area contributed by atoms with Crippen LogP contribution in [0.5, 0.6) is 0 Å². The van der Waals surface area contributed by atoms with Crippen molar-refractivity contribution >= 4 is 38.8 Å². The van der Waals surface area contributed by atoms with Crippen LogP contribution >= 0.6 is 24.0 Å². The normalized spacial score (nSPS) is 20.8. The van der Waals surface area contributed by atoms with E-state index in [1.54, 1.807) is 32.5 Å². The summed E-state index contributed by atoms with van der Waals surface area (Å²) in [5.41, 5.74) is 5.85. The van der Waals surface area contributed by atoms with Crippen LogP contribution in [0, 0.1) is 0 Å². The smallest absolute Gasteiger partial charge is 0.156 e. The van der Waals surface area contributed by atoms with Gasteiger partial charge in [0.15, 0.2) is 9.84 Å². The SMILES string of the molecule is CSC1(C(N)=S)CCN(CCS(=O)(=O)C(C)(C)C)CC1. The molecular weight excluding hydrogens is 312 g/mol. The van der Waals surface area contributed by atoms with Crippen LogP contribution in [0.4, 0.5) is 0 Å². The van der Waals surface area contributed by atoms with Crippen molar-refractivity contribution in [2.24, 2.45) is 5.73 Å². The van der Waals surface area contributed by atoms with Gasteiger partial charge in [0.2, 0.25) is 0 Å². The van der Waals surface area contributed by atoms with E-state index in [0.717, 1.165) is 25.9 Å². The fourth-order valence-electron chi connectivity index (χ4n) is 2.24. The van der Waals surface area contributed by atoms with Crippen LogP contribution in [-0.4, -0.2) is 59.4 Å². The monoisotopic (exact) mass is 338 g/mol. The Bertz CT molecular complexity index is 447. The maximum absolute atomic E-state index is 12.1. The van der Waals surface area contributed by atoms with Gasteiger partial charge in [-0.1, -0.05) is 12.2 Å². The third kappa shape index (κ3) is 4.08. The summed E-state index contributed by atoms with van der Waals surface area (Å²) in [5, 5.41) is 0. The van der Waals surface area contributed by atoms with Gasteiger partial charge in [-0.05, 0) is 53.0 Å². The summed E-state index contributed by atoms with van der Waals surface area (Å²) in [6.45, 7) is 7.58. The van der Waals surface area contributed by atoms with Crippen molar-refractivity contribution in [2.45, 2.75) is 43.1 Å². The molecule has 1 aliphatic rings. The highest BCUT2D eigenvalue weighted by Gasteiger charge is 2.37. The van der Waals surface area contributed by atoms with Crippen molar-refractivity contribution in [1.82, 2.24) is 4.90 Å². The number of likely N-dealkylation sites (tertiary alicyclic amines) is 1. The van der Waals surface area contributed by atoms with Crippen LogP contribution in [-0.2, 0) is 9.84 Å². The molecule has 20 heavy (non-hydrogen) atoms. The minimum Gasteiger partial charge on any atom is -0.392 e. The lowest BCUT2D eigenvalue weighted by Gasteiger charge is -2.40. The zero-order valence-corrected chi connectivity index (χ0v) is 15.3. The molecule has 0 radical (unpaired) electrons. The van der Waals surface area contributed by atoms with E-state index in [1.165, 1.54) is 0 Å². The highest BCUT2D eigenvalue weighted by Crippen LogP contribution is 2.34. The first kappa shape index (κ1) is 18.2. The van der Waals surface area contributed by atoms with E-state index < -0.39 is 14.6 Å². The fraction of sp³-hybridized carbons (Fsp3) is 0.923. The average Bonchev–Trinajstić information content (AvgIpc) is 2.35. The molecule has 0 amide bonds. The molecule has 118 valence electrons. The number of rotatable bonds is 5. The van der Waals surface area contributed by atoms with Gasteiger partial charge in [-0.3, -0.25) is 0 Å². The van der Waals surface area contributed by atoms with E-state index in [0.29, 0.717) is 11.5 Å². The van der Waals surface area contributed by atoms with Crippen molar-refractivity contribution in [3.8, 4) is 0 Å². The number of hydrogen-bond donors (Lipinski definition) is 1. The minimum atomic E-state index is -3.05. The predicted molar refractivity (Wildman–Crippen MR) is 92.2 cm³/mol. The Morgan fingerprint density at radius 2 is 1.85 bits per heavy atom. The Morgan fingerprint density at radius 1 is 1.35 bits per heavy atom. The molecule has 1 aliphatic heterocycles. The molecule has 0 aromatic rings. The summed E-state index contributed by atoms with van der Waals surface area (Å²) in [4.78, 5) is 2.78. The van der Waals surface area contributed by atoms with Crippen LogP contribution in [0.25, 0.3) is 0 Å². The number of sulfone groups is 1. The Morgan fingerprint density at radius 3 is 2.20 bits per heavy atom. The molecule has 1 heterocycles. The molecular formula is C13H26N2O2S3. The van der Waals surface area contributed by atoms with E-state index in [9.17, 15) is 8.42 Å². The Kier molecular flexibility index (Phi) is 5.92. The van der Waals surface area contributed by atoms with Gasteiger partial charge in [0.05, 0.1) is 20.2 Å². The molecule has 0 spiro atoms. The van der Waals surface area contributed by atoms with E-state index in [2.05, 4.69) is 4.90 Å². The number of thioether (sulfide) groups is 1. The zero-order chi connectivity index (χ0) is 15.6. The summed E-state index contributed by atoms with van der Waals surface area (Å²) in [6, 6.07) is 0. The van der Waals surface area contributed by atoms with Crippen molar-refractivity contribution in [3.63, 3.8) is 0 Å². The highest BCUT2D eigenvalue weighted by atomic mass is 32.2. The lowest BCUT2D eigenvalue weighted by molar-refractivity contribution is 0.231. The predicted octanol–water partition coefficient (Wildman–Crippen LogP) is 1.68. The molecule has 0 aromatic carbocycles. The number of nitrogens with zero attached hydrogens (tertiary/aromatic N) is 1. The van der Waals surface area contributed by atoms with Crippen LogP contribution in [0.15, 0.2) is 0 Å². The van der Waals surface area contributed by atoms with E-state index in [1.807, 2.05) is 6.26 Å². The summed E-state index contributed by atoms with van der Waals surface area (Å²) in [7, 11) is -3.05. The molecule has 0 aliphatic carbocycles. The number of nitrogens with two attached hydrogens (primary N) is 1. The maximum Gasteiger partial charge on any atom is 0.156 e. The molecule has 7 heteroatoms. The van der Waals surface area contributed by atoms with Gasteiger partial charge in [0.25, 0.3) is 0 Å². The minimum absolute atomic E-state index is 0.102. The second kappa shape index (κ2) is 6.50. The quantitative estimate of drug-likeness (QED) is 0.770. The average molecular weight is 339 g/mol. The number of thiocarbonyl (C=S) groups is 1. The molecule has 0 saturated carbocycles. The lowest BCUT2D eigenvalue weighted by Crippen LogP contribution is -2.50. The summed E-state index contributed by atoms with van der Waals surface area (Å²) >= 11 is 6.90. The van der Waals surface area contributed by atoms with E-state index in [4.69, 9.17) is 18.0 Å². The van der Waals surface area contributed by atoms with Gasteiger partial charge in [0.1, 0.15) is 0 Å². The largest absolute Gasteiger partial charge is 0.392 e. The second-order valence-corrected chi connectivity index (χ2v) is 10.8. The van der Waals surface area contributed by atoms with Gasteiger partial charge in [-0.25, -0.2) is 8.42 Å². The Balaban J connectivity index is 2.54. The molecule has 0 atom stereocenters. The molecule has 2 N–H and O–H groups in total. The summed E-state index contributed by atoms with van der Waals surface area (Å²) < 4.78 is 23.5. The molecule has 1 rings (SSSR count). The van der Waals surface area contributed by atoms with E-state index >= 15 is 0 Å². The van der Waals surface area contributed by atoms with Gasteiger partial charge in [-0.2, -0.15) is 11.8 Å². The first-order valence-corrected chi connectivity index (χ1v) is 10.1. The summed E-state index contributed by atoms with van der Waals surface area (Å²) in [6.07, 6.45) is 3.84. The number of piperidine rings is 1. The van der Waals surface area contributed by atoms with Crippen LogP contribution in [0.1, 0.15) is 33.6 Å². The van der Waals surface area contributed by atoms with E-state index in [-0.39, 0.29) is 10.5 Å². The van der Waals surface area contributed by atoms with Crippen molar-refractivity contribution in [3.05, 3.63) is 0 Å². The topological polar surface area (TPSA) is 63.4 Å².